The lowest BCUT2D eigenvalue weighted by Crippen LogP contribution is -1.87. The molecule has 0 saturated heterocycles. The molecule has 66 valence electrons. The Hall–Kier alpha value is -0.510. The molecule has 0 amide bonds. The van der Waals surface area contributed by atoms with Gasteiger partial charge in [-0.2, -0.15) is 0 Å². The largest absolute Gasteiger partial charge is 0.434 e. The van der Waals surface area contributed by atoms with Crippen LogP contribution in [0.2, 0.25) is 0 Å². The van der Waals surface area contributed by atoms with Gasteiger partial charge in [0.15, 0.2) is 0 Å². The van der Waals surface area contributed by atoms with E-state index >= 15 is 0 Å². The highest BCUT2D eigenvalue weighted by molar-refractivity contribution is 8.44. The molecule has 0 aromatic carbocycles. The predicted molar refractivity (Wildman–Crippen MR) is 48.4 cm³/mol. The third-order valence-corrected chi connectivity index (χ3v) is 1.80. The van der Waals surface area contributed by atoms with E-state index in [0.717, 1.165) is 5.69 Å². The first kappa shape index (κ1) is 9.58. The third kappa shape index (κ3) is 3.26. The minimum atomic E-state index is -3.75. The zero-order chi connectivity index (χ0) is 9.19. The molecule has 12 heavy (non-hydrogen) atoms. The number of aryl methyl sites for hydroxylation is 1. The summed E-state index contributed by atoms with van der Waals surface area (Å²) in [6.07, 6.45) is 1.37. The monoisotopic (exact) mass is 205 g/mol. The lowest BCUT2D eigenvalue weighted by atomic mass is 10.4. The quantitative estimate of drug-likeness (QED) is 0.571. The second kappa shape index (κ2) is 3.47. The fraction of sp³-hybridized carbons (Fsp3) is 0.167. The van der Waals surface area contributed by atoms with Crippen molar-refractivity contribution in [2.24, 2.45) is 0 Å². The van der Waals surface area contributed by atoms with E-state index in [0.29, 0.717) is 0 Å². The summed E-state index contributed by atoms with van der Waals surface area (Å²) in [7, 11) is 0. The van der Waals surface area contributed by atoms with Crippen molar-refractivity contribution in [3.05, 3.63) is 24.0 Å². The SMILES string of the molecule is Cc1ccc(OP(=O)(O)S)cn1. The van der Waals surface area contributed by atoms with Crippen molar-refractivity contribution in [3.8, 4) is 5.75 Å². The lowest BCUT2D eigenvalue weighted by Gasteiger charge is -2.06. The molecule has 0 aliphatic rings. The summed E-state index contributed by atoms with van der Waals surface area (Å²) in [5.41, 5.74) is 0.814. The Labute approximate surface area is 75.3 Å². The van der Waals surface area contributed by atoms with Gasteiger partial charge in [-0.25, -0.2) is 4.57 Å². The van der Waals surface area contributed by atoms with Crippen molar-refractivity contribution in [2.75, 3.05) is 0 Å². The average Bonchev–Trinajstić information content (AvgIpc) is 1.91. The molecular formula is C6H8NO3PS. The zero-order valence-corrected chi connectivity index (χ0v) is 8.13. The van der Waals surface area contributed by atoms with E-state index in [1.165, 1.54) is 6.20 Å². The third-order valence-electron chi connectivity index (χ3n) is 1.11. The van der Waals surface area contributed by atoms with E-state index < -0.39 is 6.80 Å². The number of aromatic nitrogens is 1. The molecule has 0 fully saturated rings. The van der Waals surface area contributed by atoms with Gasteiger partial charge in [0, 0.05) is 5.69 Å². The molecule has 1 N–H and O–H groups in total. The molecule has 1 aromatic heterocycles. The van der Waals surface area contributed by atoms with Gasteiger partial charge in [0.1, 0.15) is 5.75 Å². The van der Waals surface area contributed by atoms with E-state index in [1.54, 1.807) is 12.1 Å². The van der Waals surface area contributed by atoms with Gasteiger partial charge < -0.3 is 9.42 Å². The highest BCUT2D eigenvalue weighted by atomic mass is 32.7. The van der Waals surface area contributed by atoms with Gasteiger partial charge in [-0.3, -0.25) is 4.98 Å². The van der Waals surface area contributed by atoms with Crippen LogP contribution in [0, 0.1) is 6.92 Å². The fourth-order valence-electron chi connectivity index (χ4n) is 0.646. The summed E-state index contributed by atoms with van der Waals surface area (Å²) in [4.78, 5) is 12.6. The van der Waals surface area contributed by atoms with E-state index in [-0.39, 0.29) is 5.75 Å². The molecule has 1 heterocycles. The van der Waals surface area contributed by atoms with Gasteiger partial charge in [0.2, 0.25) is 0 Å². The number of rotatable bonds is 2. The first-order valence-electron chi connectivity index (χ1n) is 3.15. The van der Waals surface area contributed by atoms with Crippen LogP contribution < -0.4 is 4.52 Å². The van der Waals surface area contributed by atoms with Gasteiger partial charge in [0.05, 0.1) is 6.20 Å². The summed E-state index contributed by atoms with van der Waals surface area (Å²) in [6.45, 7) is -1.94. The van der Waals surface area contributed by atoms with Crippen molar-refractivity contribution in [3.63, 3.8) is 0 Å². The maximum Gasteiger partial charge on any atom is 0.434 e. The van der Waals surface area contributed by atoms with Gasteiger partial charge >= 0.3 is 6.80 Å². The topological polar surface area (TPSA) is 59.4 Å². The first-order chi connectivity index (χ1) is 5.47. The van der Waals surface area contributed by atoms with Crippen molar-refractivity contribution in [2.45, 2.75) is 6.92 Å². The molecule has 0 saturated carbocycles. The Kier molecular flexibility index (Phi) is 2.77. The molecular weight excluding hydrogens is 197 g/mol. The summed E-state index contributed by atoms with van der Waals surface area (Å²) in [6, 6.07) is 3.24. The second-order valence-electron chi connectivity index (χ2n) is 2.22. The number of thiol groups is 1. The normalized spacial score (nSPS) is 15.2. The first-order valence-corrected chi connectivity index (χ1v) is 5.88. The van der Waals surface area contributed by atoms with E-state index in [2.05, 4.69) is 21.8 Å². The molecule has 4 nitrogen and oxygen atoms in total. The smallest absolute Gasteiger partial charge is 0.416 e. The Morgan fingerprint density at radius 2 is 2.33 bits per heavy atom. The minimum Gasteiger partial charge on any atom is -0.416 e. The Bertz CT molecular complexity index is 307. The maximum absolute atomic E-state index is 10.6. The molecule has 1 rings (SSSR count). The average molecular weight is 205 g/mol. The van der Waals surface area contributed by atoms with Crippen molar-refractivity contribution >= 4 is 19.0 Å². The van der Waals surface area contributed by atoms with E-state index in [1.807, 2.05) is 6.92 Å². The predicted octanol–water partition coefficient (Wildman–Crippen LogP) is 1.80. The number of nitrogens with zero attached hydrogens (tertiary/aromatic N) is 1. The summed E-state index contributed by atoms with van der Waals surface area (Å²) >= 11 is 3.35. The van der Waals surface area contributed by atoms with E-state index in [9.17, 15) is 4.57 Å². The van der Waals surface area contributed by atoms with Crippen LogP contribution in [0.1, 0.15) is 5.69 Å². The molecule has 0 bridgehead atoms. The maximum atomic E-state index is 10.6. The van der Waals surface area contributed by atoms with Crippen LogP contribution in [0.3, 0.4) is 0 Å². The molecule has 6 heteroatoms. The number of hydrogen-bond acceptors (Lipinski definition) is 3. The summed E-state index contributed by atoms with van der Waals surface area (Å²) in [5.74, 6) is 0.237. The van der Waals surface area contributed by atoms with Crippen LogP contribution in [0.4, 0.5) is 0 Å². The highest BCUT2D eigenvalue weighted by Crippen LogP contribution is 2.46. The van der Waals surface area contributed by atoms with Crippen LogP contribution in [0.15, 0.2) is 18.3 Å². The van der Waals surface area contributed by atoms with Crippen LogP contribution in [-0.2, 0) is 4.57 Å². The highest BCUT2D eigenvalue weighted by Gasteiger charge is 2.12. The molecule has 0 radical (unpaired) electrons. The molecule has 0 spiro atoms. The van der Waals surface area contributed by atoms with Gasteiger partial charge in [0.25, 0.3) is 0 Å². The Balaban J connectivity index is 2.78. The molecule has 1 atom stereocenters. The van der Waals surface area contributed by atoms with E-state index in [4.69, 9.17) is 4.89 Å². The van der Waals surface area contributed by atoms with Crippen molar-refractivity contribution in [1.82, 2.24) is 4.98 Å². The van der Waals surface area contributed by atoms with Crippen LogP contribution in [0.25, 0.3) is 0 Å². The van der Waals surface area contributed by atoms with Crippen LogP contribution >= 0.6 is 19.0 Å². The minimum absolute atomic E-state index is 0.237. The summed E-state index contributed by atoms with van der Waals surface area (Å²) < 4.78 is 15.2. The second-order valence-corrected chi connectivity index (χ2v) is 4.90. The van der Waals surface area contributed by atoms with Crippen LogP contribution in [-0.4, -0.2) is 9.88 Å². The van der Waals surface area contributed by atoms with Gasteiger partial charge in [-0.15, -0.1) is 0 Å². The Morgan fingerprint density at radius 1 is 1.67 bits per heavy atom. The van der Waals surface area contributed by atoms with Crippen molar-refractivity contribution in [1.29, 1.82) is 0 Å². The van der Waals surface area contributed by atoms with Crippen molar-refractivity contribution < 1.29 is 14.0 Å². The standard InChI is InChI=1S/C6H8NO3PS/c1-5-2-3-6(4-7-5)10-11(8,9)12/h2-4H,1H3,(H2,8,9,12). The van der Waals surface area contributed by atoms with Gasteiger partial charge in [-0.05, 0) is 31.3 Å². The lowest BCUT2D eigenvalue weighted by molar-refractivity contribution is 0.402. The van der Waals surface area contributed by atoms with Crippen LogP contribution in [0.5, 0.6) is 5.75 Å². The molecule has 1 aromatic rings. The number of pyridine rings is 1. The molecule has 0 aliphatic heterocycles. The molecule has 1 unspecified atom stereocenters. The number of hydrogen-bond donors (Lipinski definition) is 2. The Morgan fingerprint density at radius 3 is 2.75 bits per heavy atom. The summed E-state index contributed by atoms with van der Waals surface area (Å²) in [5, 5.41) is 0. The fourth-order valence-corrected chi connectivity index (χ4v) is 1.31. The molecule has 0 aliphatic carbocycles. The zero-order valence-electron chi connectivity index (χ0n) is 6.34. The van der Waals surface area contributed by atoms with Gasteiger partial charge in [-0.1, -0.05) is 0 Å².